The van der Waals surface area contributed by atoms with Crippen LogP contribution in [0, 0.1) is 12.8 Å². The molecule has 55 heavy (non-hydrogen) atoms. The fourth-order valence-corrected chi connectivity index (χ4v) is 7.47. The summed E-state index contributed by atoms with van der Waals surface area (Å²) in [6.07, 6.45) is 7.21. The van der Waals surface area contributed by atoms with E-state index in [1.54, 1.807) is 47.4 Å². The van der Waals surface area contributed by atoms with Crippen LogP contribution < -0.4 is 10.1 Å². The van der Waals surface area contributed by atoms with Crippen LogP contribution in [0.1, 0.15) is 81.0 Å². The van der Waals surface area contributed by atoms with Gasteiger partial charge in [0, 0.05) is 50.9 Å². The number of rotatable bonds is 13. The zero-order chi connectivity index (χ0) is 38.5. The predicted octanol–water partition coefficient (Wildman–Crippen LogP) is 5.88. The number of ether oxygens (including phenoxy) is 2. The number of carbonyl (C=O) groups is 3. The van der Waals surface area contributed by atoms with Crippen molar-refractivity contribution in [3.05, 3.63) is 137 Å². The number of nitrogens with one attached hydrogen (secondary N) is 1. The number of amides is 2. The SMILES string of the molecule is CCC(Oc1ccc(C(=O)OC)cc1)c1cn(-c2cncc(C(=O)NC3CC(C(=O)N(C)CC4Cc5ccccc5CN4Cc4ccccc4C)C3)c2)nn1. The Morgan fingerprint density at radius 3 is 2.45 bits per heavy atom. The summed E-state index contributed by atoms with van der Waals surface area (Å²) in [4.78, 5) is 47.4. The van der Waals surface area contributed by atoms with E-state index in [4.69, 9.17) is 9.47 Å². The first-order chi connectivity index (χ1) is 26.7. The van der Waals surface area contributed by atoms with E-state index >= 15 is 0 Å². The lowest BCUT2D eigenvalue weighted by Crippen LogP contribution is -2.52. The second-order valence-corrected chi connectivity index (χ2v) is 14.6. The second-order valence-electron chi connectivity index (χ2n) is 14.6. The molecule has 7 rings (SSSR count). The van der Waals surface area contributed by atoms with Gasteiger partial charge in [-0.1, -0.05) is 60.7 Å². The molecule has 1 aliphatic carbocycles. The average Bonchev–Trinajstić information content (AvgIpc) is 3.69. The molecule has 2 amide bonds. The monoisotopic (exact) mass is 741 g/mol. The molecule has 5 aromatic rings. The molecule has 3 aromatic carbocycles. The van der Waals surface area contributed by atoms with Crippen molar-refractivity contribution in [2.24, 2.45) is 5.92 Å². The molecule has 2 unspecified atom stereocenters. The number of aromatic nitrogens is 4. The Bertz CT molecular complexity index is 2150. The Kier molecular flexibility index (Phi) is 11.3. The number of pyridine rings is 1. The summed E-state index contributed by atoms with van der Waals surface area (Å²) in [6, 6.07) is 25.7. The van der Waals surface area contributed by atoms with Gasteiger partial charge in [0.25, 0.3) is 5.91 Å². The van der Waals surface area contributed by atoms with Gasteiger partial charge in [-0.05, 0) is 85.2 Å². The molecule has 0 bridgehead atoms. The molecule has 3 heterocycles. The van der Waals surface area contributed by atoms with Crippen LogP contribution in [0.15, 0.2) is 97.5 Å². The van der Waals surface area contributed by atoms with Crippen molar-refractivity contribution in [3.63, 3.8) is 0 Å². The minimum absolute atomic E-state index is 0.0975. The minimum Gasteiger partial charge on any atom is -0.484 e. The Balaban J connectivity index is 0.925. The molecule has 1 saturated carbocycles. The predicted molar refractivity (Wildman–Crippen MR) is 207 cm³/mol. The number of methoxy groups -OCH3 is 1. The zero-order valence-electron chi connectivity index (χ0n) is 31.7. The van der Waals surface area contributed by atoms with E-state index in [2.05, 4.69) is 81.0 Å². The lowest BCUT2D eigenvalue weighted by Gasteiger charge is -2.41. The van der Waals surface area contributed by atoms with Gasteiger partial charge in [0.2, 0.25) is 5.91 Å². The van der Waals surface area contributed by atoms with Crippen molar-refractivity contribution >= 4 is 17.8 Å². The summed E-state index contributed by atoms with van der Waals surface area (Å²) in [5.41, 5.74) is 7.29. The van der Waals surface area contributed by atoms with Crippen LogP contribution in [0.5, 0.6) is 5.75 Å². The minimum atomic E-state index is -0.417. The third-order valence-electron chi connectivity index (χ3n) is 10.8. The van der Waals surface area contributed by atoms with Crippen LogP contribution in [0.3, 0.4) is 0 Å². The van der Waals surface area contributed by atoms with Crippen LogP contribution in [0.25, 0.3) is 5.69 Å². The van der Waals surface area contributed by atoms with Crippen molar-refractivity contribution in [2.45, 2.75) is 70.8 Å². The van der Waals surface area contributed by atoms with Crippen LogP contribution >= 0.6 is 0 Å². The van der Waals surface area contributed by atoms with Gasteiger partial charge in [-0.15, -0.1) is 5.10 Å². The highest BCUT2D eigenvalue weighted by atomic mass is 16.5. The van der Waals surface area contributed by atoms with Crippen LogP contribution in [-0.2, 0) is 29.0 Å². The first kappa shape index (κ1) is 37.4. The molecular formula is C43H47N7O5. The van der Waals surface area contributed by atoms with E-state index in [9.17, 15) is 14.4 Å². The Morgan fingerprint density at radius 1 is 0.964 bits per heavy atom. The van der Waals surface area contributed by atoms with Crippen LogP contribution in [-0.4, -0.2) is 80.3 Å². The van der Waals surface area contributed by atoms with Crippen molar-refractivity contribution in [1.82, 2.24) is 35.1 Å². The van der Waals surface area contributed by atoms with Gasteiger partial charge in [0.05, 0.1) is 36.3 Å². The van der Waals surface area contributed by atoms with Crippen molar-refractivity contribution in [1.29, 1.82) is 0 Å². The maximum Gasteiger partial charge on any atom is 0.337 e. The Morgan fingerprint density at radius 2 is 1.71 bits per heavy atom. The molecule has 12 heteroatoms. The molecular weight excluding hydrogens is 695 g/mol. The first-order valence-corrected chi connectivity index (χ1v) is 18.8. The number of hydrogen-bond donors (Lipinski definition) is 1. The van der Waals surface area contributed by atoms with Crippen molar-refractivity contribution < 1.29 is 23.9 Å². The molecule has 2 aromatic heterocycles. The van der Waals surface area contributed by atoms with E-state index in [1.165, 1.54) is 35.6 Å². The number of carbonyl (C=O) groups excluding carboxylic acids is 3. The molecule has 12 nitrogen and oxygen atoms in total. The maximum atomic E-state index is 13.6. The van der Waals surface area contributed by atoms with E-state index in [1.807, 2.05) is 18.9 Å². The average molecular weight is 742 g/mol. The fraction of sp³-hybridized carbons (Fsp3) is 0.349. The number of esters is 1. The zero-order valence-corrected chi connectivity index (χ0v) is 31.7. The van der Waals surface area contributed by atoms with Gasteiger partial charge in [0.15, 0.2) is 0 Å². The normalized spacial score (nSPS) is 18.4. The third-order valence-corrected chi connectivity index (χ3v) is 10.8. The lowest BCUT2D eigenvalue weighted by molar-refractivity contribution is -0.138. The standard InChI is InChI=1S/C43H47N7O5/c1-5-40(55-38-16-14-29(15-17-38)43(53)54-4)39-27-50(47-46-39)36-21-34(22-44-23-36)41(51)45-35-18-33(19-35)42(52)48(3)26-37-20-30-11-8-9-13-32(30)25-49(37)24-31-12-7-6-10-28(31)2/h6-17,21-23,27,33,35,37,40H,5,18-20,24-26H2,1-4H3,(H,45,51). The number of fused-ring (bicyclic) bond motifs is 1. The molecule has 1 fully saturated rings. The van der Waals surface area contributed by atoms with Gasteiger partial charge in [0.1, 0.15) is 17.5 Å². The maximum absolute atomic E-state index is 13.6. The molecule has 284 valence electrons. The summed E-state index contributed by atoms with van der Waals surface area (Å²) >= 11 is 0. The van der Waals surface area contributed by atoms with Crippen molar-refractivity contribution in [3.8, 4) is 11.4 Å². The molecule has 2 aliphatic rings. The summed E-state index contributed by atoms with van der Waals surface area (Å²) < 4.78 is 12.5. The molecule has 0 radical (unpaired) electrons. The first-order valence-electron chi connectivity index (χ1n) is 18.8. The van der Waals surface area contributed by atoms with Crippen LogP contribution in [0.2, 0.25) is 0 Å². The summed E-state index contributed by atoms with van der Waals surface area (Å²) in [5.74, 6) is -0.0966. The van der Waals surface area contributed by atoms with E-state index in [0.717, 1.165) is 19.5 Å². The van der Waals surface area contributed by atoms with Crippen LogP contribution in [0.4, 0.5) is 0 Å². The highest BCUT2D eigenvalue weighted by Crippen LogP contribution is 2.31. The number of likely N-dealkylation sites (N-methyl/N-ethyl adjacent to an activating group) is 1. The second kappa shape index (κ2) is 16.6. The van der Waals surface area contributed by atoms with Gasteiger partial charge in [-0.3, -0.25) is 19.5 Å². The lowest BCUT2D eigenvalue weighted by atomic mass is 9.79. The number of nitrogens with zero attached hydrogens (tertiary/aromatic N) is 6. The van der Waals surface area contributed by atoms with Gasteiger partial charge >= 0.3 is 5.97 Å². The summed E-state index contributed by atoms with van der Waals surface area (Å²) in [7, 11) is 3.25. The summed E-state index contributed by atoms with van der Waals surface area (Å²) in [5, 5.41) is 11.7. The van der Waals surface area contributed by atoms with Gasteiger partial charge in [-0.2, -0.15) is 0 Å². The number of hydrogen-bond acceptors (Lipinski definition) is 9. The Labute approximate surface area is 321 Å². The largest absolute Gasteiger partial charge is 0.484 e. The highest BCUT2D eigenvalue weighted by Gasteiger charge is 2.38. The molecule has 0 spiro atoms. The molecule has 2 atom stereocenters. The highest BCUT2D eigenvalue weighted by molar-refractivity contribution is 5.95. The number of benzene rings is 3. The fourth-order valence-electron chi connectivity index (χ4n) is 7.47. The third kappa shape index (κ3) is 8.60. The molecule has 0 saturated heterocycles. The van der Waals surface area contributed by atoms with Gasteiger partial charge in [-0.25, -0.2) is 9.48 Å². The quantitative estimate of drug-likeness (QED) is 0.147. The van der Waals surface area contributed by atoms with E-state index in [-0.39, 0.29) is 35.9 Å². The van der Waals surface area contributed by atoms with Crippen molar-refractivity contribution in [2.75, 3.05) is 20.7 Å². The topological polar surface area (TPSA) is 132 Å². The number of aryl methyl sites for hydroxylation is 1. The van der Waals surface area contributed by atoms with E-state index < -0.39 is 5.97 Å². The van der Waals surface area contributed by atoms with Gasteiger partial charge < -0.3 is 19.7 Å². The Hall–Kier alpha value is -5.88. The smallest absolute Gasteiger partial charge is 0.337 e. The summed E-state index contributed by atoms with van der Waals surface area (Å²) in [6.45, 7) is 6.47. The molecule has 1 aliphatic heterocycles. The van der Waals surface area contributed by atoms with E-state index in [0.29, 0.717) is 54.1 Å². The molecule has 1 N–H and O–H groups in total.